The van der Waals surface area contributed by atoms with Crippen LogP contribution in [0.3, 0.4) is 0 Å². The van der Waals surface area contributed by atoms with E-state index in [4.69, 9.17) is 23.2 Å². The monoisotopic (exact) mass is 554 g/mol. The maximum atomic E-state index is 13.7. The standard InChI is InChI=1S/C29H32Cl2N4O3/c1-18(36)34-12-9-19(10-13-34)28(37)35-14-11-27(23(17-35)20-7-8-24(30)25(31)15-20)33(2)29(38)22-16-32-26-6-4-3-5-21(22)26/h3-8,15-16,19,23,27,32H,9-14,17H2,1-2H3. The summed E-state index contributed by atoms with van der Waals surface area (Å²) in [5.74, 6) is -0.100. The number of para-hydroxylation sites is 1. The molecule has 0 radical (unpaired) electrons. The number of rotatable bonds is 4. The van der Waals surface area contributed by atoms with E-state index in [-0.39, 0.29) is 35.6 Å². The van der Waals surface area contributed by atoms with E-state index in [9.17, 15) is 14.4 Å². The van der Waals surface area contributed by atoms with Gasteiger partial charge in [0.2, 0.25) is 11.8 Å². The van der Waals surface area contributed by atoms with E-state index >= 15 is 0 Å². The number of hydrogen-bond acceptors (Lipinski definition) is 3. The van der Waals surface area contributed by atoms with Crippen molar-refractivity contribution in [2.75, 3.05) is 33.2 Å². The molecule has 0 bridgehead atoms. The fraction of sp³-hybridized carbons (Fsp3) is 0.414. The smallest absolute Gasteiger partial charge is 0.256 e. The second-order valence-electron chi connectivity index (χ2n) is 10.4. The SMILES string of the molecule is CC(=O)N1CCC(C(=O)N2CCC(N(C)C(=O)c3c[nH]c4ccccc34)C(c3ccc(Cl)c(Cl)c3)C2)CC1. The molecule has 2 atom stereocenters. The van der Waals surface area contributed by atoms with Crippen molar-refractivity contribution in [2.45, 2.75) is 38.1 Å². The second kappa shape index (κ2) is 11.0. The molecule has 0 spiro atoms. The molecule has 2 aromatic carbocycles. The molecule has 3 amide bonds. The summed E-state index contributed by atoms with van der Waals surface area (Å²) in [6.45, 7) is 3.85. The normalized spacial score (nSPS) is 20.5. The largest absolute Gasteiger partial charge is 0.360 e. The van der Waals surface area contributed by atoms with Gasteiger partial charge in [-0.1, -0.05) is 47.5 Å². The summed E-state index contributed by atoms with van der Waals surface area (Å²) in [6, 6.07) is 13.2. The number of carbonyl (C=O) groups excluding carboxylic acids is 3. The van der Waals surface area contributed by atoms with Gasteiger partial charge in [0.15, 0.2) is 0 Å². The van der Waals surface area contributed by atoms with Crippen LogP contribution in [0.4, 0.5) is 0 Å². The van der Waals surface area contributed by atoms with E-state index in [2.05, 4.69) is 4.98 Å². The van der Waals surface area contributed by atoms with Gasteiger partial charge in [-0.15, -0.1) is 0 Å². The quantitative estimate of drug-likeness (QED) is 0.482. The van der Waals surface area contributed by atoms with Crippen LogP contribution in [-0.2, 0) is 9.59 Å². The van der Waals surface area contributed by atoms with Crippen molar-refractivity contribution in [1.82, 2.24) is 19.7 Å². The molecule has 7 nitrogen and oxygen atoms in total. The predicted molar refractivity (Wildman–Crippen MR) is 150 cm³/mol. The van der Waals surface area contributed by atoms with Gasteiger partial charge < -0.3 is 19.7 Å². The average Bonchev–Trinajstić information content (AvgIpc) is 3.37. The zero-order valence-corrected chi connectivity index (χ0v) is 23.1. The number of aromatic amines is 1. The minimum absolute atomic E-state index is 0.0549. The Kier molecular flexibility index (Phi) is 7.68. The molecule has 1 N–H and O–H groups in total. The van der Waals surface area contributed by atoms with E-state index in [0.29, 0.717) is 61.1 Å². The lowest BCUT2D eigenvalue weighted by Crippen LogP contribution is -2.53. The molecular formula is C29H32Cl2N4O3. The fourth-order valence-electron chi connectivity index (χ4n) is 5.96. The number of nitrogens with zero attached hydrogens (tertiary/aromatic N) is 3. The van der Waals surface area contributed by atoms with Crippen molar-refractivity contribution < 1.29 is 14.4 Å². The number of benzene rings is 2. The Morgan fingerprint density at radius 2 is 1.66 bits per heavy atom. The van der Waals surface area contributed by atoms with E-state index in [0.717, 1.165) is 16.5 Å². The van der Waals surface area contributed by atoms with Gasteiger partial charge in [0, 0.05) is 75.1 Å². The molecule has 3 aromatic rings. The Bertz CT molecular complexity index is 1360. The van der Waals surface area contributed by atoms with E-state index in [1.54, 1.807) is 24.1 Å². The van der Waals surface area contributed by atoms with Crippen molar-refractivity contribution in [3.05, 3.63) is 69.8 Å². The van der Waals surface area contributed by atoms with Crippen molar-refractivity contribution in [2.24, 2.45) is 5.92 Å². The van der Waals surface area contributed by atoms with Gasteiger partial charge in [-0.2, -0.15) is 0 Å². The number of fused-ring (bicyclic) bond motifs is 1. The Balaban J connectivity index is 1.39. The van der Waals surface area contributed by atoms with E-state index < -0.39 is 0 Å². The minimum Gasteiger partial charge on any atom is -0.360 e. The molecule has 5 rings (SSSR count). The number of aromatic nitrogens is 1. The Morgan fingerprint density at radius 3 is 2.37 bits per heavy atom. The summed E-state index contributed by atoms with van der Waals surface area (Å²) < 4.78 is 0. The van der Waals surface area contributed by atoms with Crippen molar-refractivity contribution in [1.29, 1.82) is 0 Å². The minimum atomic E-state index is -0.128. The molecule has 2 fully saturated rings. The second-order valence-corrected chi connectivity index (χ2v) is 11.2. The summed E-state index contributed by atoms with van der Waals surface area (Å²) in [5.41, 5.74) is 2.50. The van der Waals surface area contributed by atoms with Gasteiger partial charge in [-0.3, -0.25) is 14.4 Å². The van der Waals surface area contributed by atoms with Crippen LogP contribution in [0.5, 0.6) is 0 Å². The first-order valence-electron chi connectivity index (χ1n) is 13.1. The van der Waals surface area contributed by atoms with Gasteiger partial charge in [0.25, 0.3) is 5.91 Å². The number of nitrogens with one attached hydrogen (secondary N) is 1. The first-order valence-corrected chi connectivity index (χ1v) is 13.8. The number of amides is 3. The fourth-order valence-corrected chi connectivity index (χ4v) is 6.27. The maximum absolute atomic E-state index is 13.7. The zero-order valence-electron chi connectivity index (χ0n) is 21.6. The number of piperidine rings is 2. The number of likely N-dealkylation sites (tertiary alicyclic amines) is 2. The van der Waals surface area contributed by atoms with Crippen LogP contribution in [-0.4, -0.2) is 76.7 Å². The van der Waals surface area contributed by atoms with Crippen molar-refractivity contribution in [3.63, 3.8) is 0 Å². The molecule has 1 aromatic heterocycles. The highest BCUT2D eigenvalue weighted by molar-refractivity contribution is 6.42. The number of likely N-dealkylation sites (N-methyl/N-ethyl adjacent to an activating group) is 1. The van der Waals surface area contributed by atoms with Gasteiger partial charge >= 0.3 is 0 Å². The highest BCUT2D eigenvalue weighted by Gasteiger charge is 2.39. The maximum Gasteiger partial charge on any atom is 0.256 e. The van der Waals surface area contributed by atoms with Gasteiger partial charge in [0.1, 0.15) is 0 Å². The molecule has 2 aliphatic heterocycles. The van der Waals surface area contributed by atoms with Gasteiger partial charge in [-0.05, 0) is 43.0 Å². The third kappa shape index (κ3) is 5.14. The van der Waals surface area contributed by atoms with Crippen LogP contribution in [0.2, 0.25) is 10.0 Å². The number of carbonyl (C=O) groups is 3. The molecule has 2 saturated heterocycles. The Morgan fingerprint density at radius 1 is 0.947 bits per heavy atom. The molecule has 2 aliphatic rings. The Hall–Kier alpha value is -3.03. The molecule has 0 aliphatic carbocycles. The molecule has 9 heteroatoms. The van der Waals surface area contributed by atoms with Crippen LogP contribution in [0.15, 0.2) is 48.7 Å². The first-order chi connectivity index (χ1) is 18.2. The molecule has 200 valence electrons. The summed E-state index contributed by atoms with van der Waals surface area (Å²) in [5, 5.41) is 1.81. The molecular weight excluding hydrogens is 523 g/mol. The number of H-pyrrole nitrogens is 1. The van der Waals surface area contributed by atoms with Crippen molar-refractivity contribution in [3.8, 4) is 0 Å². The number of halogens is 2. The van der Waals surface area contributed by atoms with Crippen LogP contribution < -0.4 is 0 Å². The average molecular weight is 556 g/mol. The van der Waals surface area contributed by atoms with Crippen LogP contribution >= 0.6 is 23.2 Å². The highest BCUT2D eigenvalue weighted by Crippen LogP contribution is 2.36. The summed E-state index contributed by atoms with van der Waals surface area (Å²) in [6.07, 6.45) is 3.76. The molecule has 2 unspecified atom stereocenters. The number of hydrogen-bond donors (Lipinski definition) is 1. The van der Waals surface area contributed by atoms with Crippen LogP contribution in [0, 0.1) is 5.92 Å². The van der Waals surface area contributed by atoms with Crippen LogP contribution in [0.25, 0.3) is 10.9 Å². The molecule has 38 heavy (non-hydrogen) atoms. The third-order valence-corrected chi connectivity index (χ3v) is 8.93. The Labute approximate surface area is 232 Å². The highest BCUT2D eigenvalue weighted by atomic mass is 35.5. The lowest BCUT2D eigenvalue weighted by Gasteiger charge is -2.44. The lowest BCUT2D eigenvalue weighted by molar-refractivity contribution is -0.141. The van der Waals surface area contributed by atoms with E-state index in [1.165, 1.54) is 0 Å². The summed E-state index contributed by atoms with van der Waals surface area (Å²) in [4.78, 5) is 47.7. The van der Waals surface area contributed by atoms with Crippen LogP contribution in [0.1, 0.15) is 48.0 Å². The molecule has 0 saturated carbocycles. The predicted octanol–water partition coefficient (Wildman–Crippen LogP) is 5.19. The lowest BCUT2D eigenvalue weighted by atomic mass is 9.83. The summed E-state index contributed by atoms with van der Waals surface area (Å²) >= 11 is 12.6. The zero-order chi connectivity index (χ0) is 27.0. The first kappa shape index (κ1) is 26.6. The van der Waals surface area contributed by atoms with Crippen molar-refractivity contribution >= 4 is 51.8 Å². The molecule has 3 heterocycles. The van der Waals surface area contributed by atoms with Gasteiger partial charge in [0.05, 0.1) is 15.6 Å². The summed E-state index contributed by atoms with van der Waals surface area (Å²) in [7, 11) is 1.84. The third-order valence-electron chi connectivity index (χ3n) is 8.19. The van der Waals surface area contributed by atoms with Gasteiger partial charge in [-0.25, -0.2) is 0 Å². The van der Waals surface area contributed by atoms with E-state index in [1.807, 2.05) is 53.2 Å². The topological polar surface area (TPSA) is 76.7 Å².